The Morgan fingerprint density at radius 2 is 1.85 bits per heavy atom. The average Bonchev–Trinajstić information content (AvgIpc) is 2.91. The van der Waals surface area contributed by atoms with E-state index in [4.69, 9.17) is 0 Å². The molecule has 6 heteroatoms. The van der Waals surface area contributed by atoms with Crippen LogP contribution in [0.4, 0.5) is 0 Å². The van der Waals surface area contributed by atoms with Crippen molar-refractivity contribution in [3.05, 3.63) is 53.9 Å². The largest absolute Gasteiger partial charge is 0.344 e. The predicted octanol–water partition coefficient (Wildman–Crippen LogP) is 2.55. The van der Waals surface area contributed by atoms with Crippen LogP contribution in [0.3, 0.4) is 0 Å². The SMILES string of the molecule is Cc1cccc(CNC23CCCC(NC(=O)c4ncccn4)(CC2)C3)n1. The summed E-state index contributed by atoms with van der Waals surface area (Å²) in [6.45, 7) is 2.79. The second-order valence-corrected chi connectivity index (χ2v) is 7.74. The van der Waals surface area contributed by atoms with Gasteiger partial charge in [-0.15, -0.1) is 0 Å². The predicted molar refractivity (Wildman–Crippen MR) is 98.5 cm³/mol. The van der Waals surface area contributed by atoms with E-state index in [1.54, 1.807) is 18.5 Å². The standard InChI is InChI=1S/C20H25N5O/c1-15-5-2-6-16(24-15)13-23-19-7-3-8-20(14-19,10-9-19)25-18(26)17-21-11-4-12-22-17/h2,4-6,11-12,23H,3,7-10,13-14H2,1H3,(H,25,26). The van der Waals surface area contributed by atoms with Crippen molar-refractivity contribution in [2.24, 2.45) is 0 Å². The molecule has 2 atom stereocenters. The van der Waals surface area contributed by atoms with Crippen LogP contribution in [0.2, 0.25) is 0 Å². The molecule has 0 saturated heterocycles. The van der Waals surface area contributed by atoms with Gasteiger partial charge in [-0.05, 0) is 63.6 Å². The summed E-state index contributed by atoms with van der Waals surface area (Å²) in [5, 5.41) is 7.02. The zero-order chi connectivity index (χ0) is 18.0. The van der Waals surface area contributed by atoms with Crippen molar-refractivity contribution in [2.75, 3.05) is 0 Å². The maximum absolute atomic E-state index is 12.6. The Bertz CT molecular complexity index is 796. The van der Waals surface area contributed by atoms with Gasteiger partial charge in [0.1, 0.15) is 0 Å². The lowest BCUT2D eigenvalue weighted by molar-refractivity contribution is 0.0858. The molecular formula is C20H25N5O. The third-order valence-electron chi connectivity index (χ3n) is 5.81. The molecule has 2 fully saturated rings. The molecule has 2 saturated carbocycles. The van der Waals surface area contributed by atoms with E-state index in [0.29, 0.717) is 0 Å². The van der Waals surface area contributed by atoms with Crippen LogP contribution in [0, 0.1) is 6.92 Å². The van der Waals surface area contributed by atoms with E-state index in [9.17, 15) is 4.79 Å². The van der Waals surface area contributed by atoms with Gasteiger partial charge in [-0.25, -0.2) is 9.97 Å². The topological polar surface area (TPSA) is 79.8 Å². The van der Waals surface area contributed by atoms with Gasteiger partial charge in [-0.3, -0.25) is 9.78 Å². The van der Waals surface area contributed by atoms with Gasteiger partial charge in [0.2, 0.25) is 5.82 Å². The molecule has 2 aromatic heterocycles. The van der Waals surface area contributed by atoms with E-state index >= 15 is 0 Å². The van der Waals surface area contributed by atoms with E-state index in [2.05, 4.69) is 37.7 Å². The second-order valence-electron chi connectivity index (χ2n) is 7.74. The highest BCUT2D eigenvalue weighted by Crippen LogP contribution is 2.48. The minimum absolute atomic E-state index is 0.0918. The number of hydrogen-bond acceptors (Lipinski definition) is 5. The van der Waals surface area contributed by atoms with E-state index in [1.165, 1.54) is 0 Å². The maximum Gasteiger partial charge on any atom is 0.289 e. The van der Waals surface area contributed by atoms with Crippen molar-refractivity contribution < 1.29 is 4.79 Å². The number of rotatable bonds is 5. The number of carbonyl (C=O) groups is 1. The number of amides is 1. The summed E-state index contributed by atoms with van der Waals surface area (Å²) in [5.74, 6) is 0.0884. The Morgan fingerprint density at radius 1 is 1.08 bits per heavy atom. The molecule has 26 heavy (non-hydrogen) atoms. The number of aryl methyl sites for hydroxylation is 1. The van der Waals surface area contributed by atoms with Crippen LogP contribution in [0.15, 0.2) is 36.7 Å². The average molecular weight is 351 g/mol. The Balaban J connectivity index is 1.43. The van der Waals surface area contributed by atoms with Gasteiger partial charge >= 0.3 is 0 Å². The number of hydrogen-bond donors (Lipinski definition) is 2. The van der Waals surface area contributed by atoms with Gasteiger partial charge in [0.05, 0.1) is 5.69 Å². The normalized spacial score (nSPS) is 27.3. The smallest absolute Gasteiger partial charge is 0.289 e. The minimum atomic E-state index is -0.163. The van der Waals surface area contributed by atoms with Crippen LogP contribution in [0.25, 0.3) is 0 Å². The molecule has 2 bridgehead atoms. The van der Waals surface area contributed by atoms with Gasteiger partial charge in [-0.2, -0.15) is 0 Å². The van der Waals surface area contributed by atoms with Crippen molar-refractivity contribution in [1.29, 1.82) is 0 Å². The van der Waals surface area contributed by atoms with Crippen molar-refractivity contribution in [1.82, 2.24) is 25.6 Å². The summed E-state index contributed by atoms with van der Waals surface area (Å²) in [6.07, 6.45) is 9.55. The lowest BCUT2D eigenvalue weighted by Gasteiger charge is -2.40. The first-order valence-electron chi connectivity index (χ1n) is 9.35. The lowest BCUT2D eigenvalue weighted by Crippen LogP contribution is -2.54. The molecule has 0 aromatic carbocycles. The highest BCUT2D eigenvalue weighted by atomic mass is 16.2. The Hall–Kier alpha value is -2.34. The molecule has 4 rings (SSSR count). The van der Waals surface area contributed by atoms with Crippen molar-refractivity contribution >= 4 is 5.91 Å². The maximum atomic E-state index is 12.6. The molecule has 136 valence electrons. The molecule has 0 aliphatic heterocycles. The number of nitrogens with zero attached hydrogens (tertiary/aromatic N) is 3. The summed E-state index contributed by atoms with van der Waals surface area (Å²) < 4.78 is 0. The first-order chi connectivity index (χ1) is 12.6. The molecule has 0 spiro atoms. The van der Waals surface area contributed by atoms with Crippen LogP contribution in [-0.2, 0) is 6.54 Å². The highest BCUT2D eigenvalue weighted by molar-refractivity contribution is 5.90. The fourth-order valence-corrected chi connectivity index (χ4v) is 4.59. The monoisotopic (exact) mass is 351 g/mol. The van der Waals surface area contributed by atoms with E-state index in [-0.39, 0.29) is 22.8 Å². The molecule has 2 aliphatic carbocycles. The Kier molecular flexibility index (Phi) is 4.44. The first kappa shape index (κ1) is 17.1. The molecule has 2 aliphatic rings. The quantitative estimate of drug-likeness (QED) is 0.865. The highest BCUT2D eigenvalue weighted by Gasteiger charge is 2.51. The second kappa shape index (κ2) is 6.76. The Labute approximate surface area is 153 Å². The number of nitrogens with one attached hydrogen (secondary N) is 2. The summed E-state index contributed by atoms with van der Waals surface area (Å²) in [6, 6.07) is 7.86. The van der Waals surface area contributed by atoms with Gasteiger partial charge in [0.15, 0.2) is 0 Å². The van der Waals surface area contributed by atoms with Crippen LogP contribution in [0.1, 0.15) is 60.5 Å². The summed E-state index contributed by atoms with van der Waals surface area (Å²) in [4.78, 5) is 25.3. The number of aromatic nitrogens is 3. The van der Waals surface area contributed by atoms with E-state index in [0.717, 1.165) is 56.5 Å². The van der Waals surface area contributed by atoms with Crippen LogP contribution in [-0.4, -0.2) is 31.9 Å². The zero-order valence-electron chi connectivity index (χ0n) is 15.2. The number of pyridine rings is 1. The molecule has 2 unspecified atom stereocenters. The lowest BCUT2D eigenvalue weighted by atomic mass is 9.78. The van der Waals surface area contributed by atoms with Crippen molar-refractivity contribution in [3.8, 4) is 0 Å². The van der Waals surface area contributed by atoms with Gasteiger partial charge in [0, 0.05) is 35.7 Å². The molecule has 2 heterocycles. The molecular weight excluding hydrogens is 326 g/mol. The van der Waals surface area contributed by atoms with Crippen molar-refractivity contribution in [2.45, 2.75) is 63.1 Å². The molecule has 6 nitrogen and oxygen atoms in total. The molecule has 2 N–H and O–H groups in total. The number of carbonyl (C=O) groups excluding carboxylic acids is 1. The van der Waals surface area contributed by atoms with Gasteiger partial charge < -0.3 is 10.6 Å². The summed E-state index contributed by atoms with van der Waals surface area (Å²) >= 11 is 0. The van der Waals surface area contributed by atoms with Gasteiger partial charge in [0.25, 0.3) is 5.91 Å². The van der Waals surface area contributed by atoms with E-state index < -0.39 is 0 Å². The fourth-order valence-electron chi connectivity index (χ4n) is 4.59. The molecule has 0 radical (unpaired) electrons. The van der Waals surface area contributed by atoms with Crippen LogP contribution < -0.4 is 10.6 Å². The van der Waals surface area contributed by atoms with Crippen LogP contribution >= 0.6 is 0 Å². The Morgan fingerprint density at radius 3 is 2.65 bits per heavy atom. The summed E-state index contributed by atoms with van der Waals surface area (Å²) in [5.41, 5.74) is 2.07. The zero-order valence-corrected chi connectivity index (χ0v) is 15.2. The minimum Gasteiger partial charge on any atom is -0.344 e. The van der Waals surface area contributed by atoms with Crippen LogP contribution in [0.5, 0.6) is 0 Å². The first-order valence-corrected chi connectivity index (χ1v) is 9.35. The third kappa shape index (κ3) is 3.46. The molecule has 1 amide bonds. The van der Waals surface area contributed by atoms with Gasteiger partial charge in [-0.1, -0.05) is 6.07 Å². The molecule has 2 aromatic rings. The van der Waals surface area contributed by atoms with Crippen molar-refractivity contribution in [3.63, 3.8) is 0 Å². The fraction of sp³-hybridized carbons (Fsp3) is 0.500. The third-order valence-corrected chi connectivity index (χ3v) is 5.81. The number of fused-ring (bicyclic) bond motifs is 2. The summed E-state index contributed by atoms with van der Waals surface area (Å²) in [7, 11) is 0. The van der Waals surface area contributed by atoms with E-state index in [1.807, 2.05) is 13.0 Å².